The largest absolute Gasteiger partial charge is 0.338 e. The van der Waals surface area contributed by atoms with E-state index in [4.69, 9.17) is 0 Å². The van der Waals surface area contributed by atoms with Gasteiger partial charge in [-0.3, -0.25) is 9.59 Å². The smallest absolute Gasteiger partial charge is 0.253 e. The molecule has 1 aliphatic rings. The molecule has 0 atom stereocenters. The summed E-state index contributed by atoms with van der Waals surface area (Å²) in [7, 11) is 0. The van der Waals surface area contributed by atoms with Crippen LogP contribution in [-0.4, -0.2) is 47.8 Å². The number of carbonyl (C=O) groups excluding carboxylic acids is 2. The maximum atomic E-state index is 13.5. The lowest BCUT2D eigenvalue weighted by molar-refractivity contribution is -0.133. The molecule has 1 aliphatic heterocycles. The van der Waals surface area contributed by atoms with Gasteiger partial charge >= 0.3 is 0 Å². The number of aryl methyl sites for hydroxylation is 1. The first-order valence-electron chi connectivity index (χ1n) is 10.4. The third-order valence-corrected chi connectivity index (χ3v) is 5.69. The Morgan fingerprint density at radius 3 is 1.63 bits per heavy atom. The molecule has 0 aliphatic carbocycles. The van der Waals surface area contributed by atoms with Gasteiger partial charge in [-0.2, -0.15) is 0 Å². The van der Waals surface area contributed by atoms with E-state index in [1.165, 1.54) is 0 Å². The summed E-state index contributed by atoms with van der Waals surface area (Å²) < 4.78 is 0. The number of piperazine rings is 1. The highest BCUT2D eigenvalue weighted by molar-refractivity contribution is 5.94. The highest BCUT2D eigenvalue weighted by Gasteiger charge is 2.31. The molecule has 0 aromatic heterocycles. The van der Waals surface area contributed by atoms with Gasteiger partial charge < -0.3 is 9.80 Å². The van der Waals surface area contributed by atoms with Crippen LogP contribution in [-0.2, 0) is 4.79 Å². The Balaban J connectivity index is 1.48. The van der Waals surface area contributed by atoms with Gasteiger partial charge in [-0.05, 0) is 30.2 Å². The molecule has 152 valence electrons. The molecular formula is C26H26N2O2. The van der Waals surface area contributed by atoms with Gasteiger partial charge in [-0.1, -0.05) is 78.4 Å². The molecule has 1 fully saturated rings. The van der Waals surface area contributed by atoms with E-state index in [2.05, 4.69) is 0 Å². The van der Waals surface area contributed by atoms with Crippen LogP contribution in [0.1, 0.15) is 33.0 Å². The van der Waals surface area contributed by atoms with Crippen LogP contribution in [0, 0.1) is 6.92 Å². The predicted octanol–water partition coefficient (Wildman–Crippen LogP) is 4.11. The summed E-state index contributed by atoms with van der Waals surface area (Å²) in [5.41, 5.74) is 3.82. The molecule has 3 aromatic carbocycles. The van der Waals surface area contributed by atoms with E-state index in [0.717, 1.165) is 16.7 Å². The van der Waals surface area contributed by atoms with E-state index in [1.807, 2.05) is 102 Å². The molecule has 0 N–H and O–H groups in total. The monoisotopic (exact) mass is 398 g/mol. The Bertz CT molecular complexity index is 953. The van der Waals surface area contributed by atoms with Gasteiger partial charge in [0.1, 0.15) is 0 Å². The number of nitrogens with zero attached hydrogens (tertiary/aromatic N) is 2. The van der Waals surface area contributed by atoms with Gasteiger partial charge in [0.05, 0.1) is 5.92 Å². The van der Waals surface area contributed by atoms with E-state index < -0.39 is 0 Å². The maximum Gasteiger partial charge on any atom is 0.253 e. The topological polar surface area (TPSA) is 40.6 Å². The quantitative estimate of drug-likeness (QED) is 0.664. The predicted molar refractivity (Wildman–Crippen MR) is 118 cm³/mol. The van der Waals surface area contributed by atoms with Crippen molar-refractivity contribution in [3.8, 4) is 0 Å². The summed E-state index contributed by atoms with van der Waals surface area (Å²) in [6.45, 7) is 4.21. The highest BCUT2D eigenvalue weighted by atomic mass is 16.2. The molecule has 0 unspecified atom stereocenters. The summed E-state index contributed by atoms with van der Waals surface area (Å²) in [6.07, 6.45) is 0. The number of amides is 2. The average Bonchev–Trinajstić information content (AvgIpc) is 2.81. The lowest BCUT2D eigenvalue weighted by atomic mass is 9.90. The molecule has 2 amide bonds. The molecule has 1 heterocycles. The first kappa shape index (κ1) is 19.9. The number of benzene rings is 3. The number of carbonyl (C=O) groups is 2. The second-order valence-corrected chi connectivity index (χ2v) is 7.74. The van der Waals surface area contributed by atoms with E-state index in [1.54, 1.807) is 0 Å². The zero-order chi connectivity index (χ0) is 20.9. The van der Waals surface area contributed by atoms with Crippen LogP contribution in [0.3, 0.4) is 0 Å². The fourth-order valence-electron chi connectivity index (χ4n) is 3.96. The van der Waals surface area contributed by atoms with Crippen molar-refractivity contribution < 1.29 is 9.59 Å². The second kappa shape index (κ2) is 8.95. The van der Waals surface area contributed by atoms with Gasteiger partial charge in [0.15, 0.2) is 0 Å². The minimum absolute atomic E-state index is 0.0322. The van der Waals surface area contributed by atoms with Crippen molar-refractivity contribution in [2.45, 2.75) is 12.8 Å². The van der Waals surface area contributed by atoms with Crippen LogP contribution in [0.25, 0.3) is 0 Å². The average molecular weight is 399 g/mol. The molecular weight excluding hydrogens is 372 g/mol. The van der Waals surface area contributed by atoms with Gasteiger partial charge in [0, 0.05) is 31.7 Å². The van der Waals surface area contributed by atoms with E-state index in [9.17, 15) is 9.59 Å². The Morgan fingerprint density at radius 2 is 1.13 bits per heavy atom. The van der Waals surface area contributed by atoms with Crippen LogP contribution >= 0.6 is 0 Å². The fourth-order valence-corrected chi connectivity index (χ4v) is 3.96. The van der Waals surface area contributed by atoms with Crippen molar-refractivity contribution in [2.75, 3.05) is 26.2 Å². The minimum Gasteiger partial charge on any atom is -0.338 e. The third kappa shape index (κ3) is 4.28. The summed E-state index contributed by atoms with van der Waals surface area (Å²) >= 11 is 0. The molecule has 0 spiro atoms. The summed E-state index contributed by atoms with van der Waals surface area (Å²) in [5.74, 6) is -0.202. The zero-order valence-electron chi connectivity index (χ0n) is 17.2. The molecule has 30 heavy (non-hydrogen) atoms. The van der Waals surface area contributed by atoms with Crippen LogP contribution in [0.15, 0.2) is 84.9 Å². The first-order chi connectivity index (χ1) is 14.6. The van der Waals surface area contributed by atoms with Crippen molar-refractivity contribution in [2.24, 2.45) is 0 Å². The normalized spacial score (nSPS) is 14.1. The van der Waals surface area contributed by atoms with Crippen molar-refractivity contribution in [3.05, 3.63) is 107 Å². The minimum atomic E-state index is -0.327. The van der Waals surface area contributed by atoms with E-state index in [0.29, 0.717) is 31.7 Å². The molecule has 0 radical (unpaired) electrons. The molecule has 4 heteroatoms. The molecule has 4 nitrogen and oxygen atoms in total. The maximum absolute atomic E-state index is 13.5. The lowest BCUT2D eigenvalue weighted by Crippen LogP contribution is -2.51. The molecule has 0 bridgehead atoms. The van der Waals surface area contributed by atoms with Gasteiger partial charge in [0.2, 0.25) is 5.91 Å². The lowest BCUT2D eigenvalue weighted by Gasteiger charge is -2.36. The van der Waals surface area contributed by atoms with Gasteiger partial charge in [-0.15, -0.1) is 0 Å². The molecule has 0 saturated carbocycles. The first-order valence-corrected chi connectivity index (χ1v) is 10.4. The van der Waals surface area contributed by atoms with Crippen LogP contribution < -0.4 is 0 Å². The Morgan fingerprint density at radius 1 is 0.667 bits per heavy atom. The van der Waals surface area contributed by atoms with Gasteiger partial charge in [-0.25, -0.2) is 0 Å². The van der Waals surface area contributed by atoms with E-state index >= 15 is 0 Å². The summed E-state index contributed by atoms with van der Waals surface area (Å²) in [6, 6.07) is 27.5. The van der Waals surface area contributed by atoms with Crippen LogP contribution in [0.2, 0.25) is 0 Å². The number of rotatable bonds is 4. The number of hydrogen-bond acceptors (Lipinski definition) is 2. The third-order valence-electron chi connectivity index (χ3n) is 5.69. The second-order valence-electron chi connectivity index (χ2n) is 7.74. The molecule has 1 saturated heterocycles. The Hall–Kier alpha value is -3.40. The van der Waals surface area contributed by atoms with Crippen LogP contribution in [0.5, 0.6) is 0 Å². The molecule has 4 rings (SSSR count). The SMILES string of the molecule is Cc1ccc(C(=O)N2CCN(C(=O)C(c3ccccc3)c3ccccc3)CC2)cc1. The standard InChI is InChI=1S/C26H26N2O2/c1-20-12-14-23(15-13-20)25(29)27-16-18-28(19-17-27)26(30)24(21-8-4-2-5-9-21)22-10-6-3-7-11-22/h2-15,24H,16-19H2,1H3. The highest BCUT2D eigenvalue weighted by Crippen LogP contribution is 2.27. The summed E-state index contributed by atoms with van der Waals surface area (Å²) in [4.78, 5) is 30.0. The fraction of sp³-hybridized carbons (Fsp3) is 0.231. The number of hydrogen-bond donors (Lipinski definition) is 0. The van der Waals surface area contributed by atoms with E-state index in [-0.39, 0.29) is 17.7 Å². The Kier molecular flexibility index (Phi) is 5.94. The zero-order valence-corrected chi connectivity index (χ0v) is 17.2. The van der Waals surface area contributed by atoms with Crippen molar-refractivity contribution in [1.29, 1.82) is 0 Å². The van der Waals surface area contributed by atoms with Gasteiger partial charge in [0.25, 0.3) is 5.91 Å². The van der Waals surface area contributed by atoms with Crippen LogP contribution in [0.4, 0.5) is 0 Å². The van der Waals surface area contributed by atoms with Crippen molar-refractivity contribution >= 4 is 11.8 Å². The summed E-state index contributed by atoms with van der Waals surface area (Å²) in [5, 5.41) is 0. The van der Waals surface area contributed by atoms with Crippen molar-refractivity contribution in [3.63, 3.8) is 0 Å². The molecule has 3 aromatic rings. The van der Waals surface area contributed by atoms with Crippen molar-refractivity contribution in [1.82, 2.24) is 9.80 Å². The Labute approximate surface area is 177 Å².